The monoisotopic (exact) mass is 445 g/mol. The first-order chi connectivity index (χ1) is 16.1. The Morgan fingerprint density at radius 2 is 1.88 bits per heavy atom. The number of ether oxygens (including phenoxy) is 1. The quantitative estimate of drug-likeness (QED) is 0.596. The normalized spacial score (nSPS) is 16.6. The van der Waals surface area contributed by atoms with Crippen LogP contribution >= 0.6 is 0 Å². The van der Waals surface area contributed by atoms with Gasteiger partial charge in [0, 0.05) is 24.3 Å². The highest BCUT2D eigenvalue weighted by molar-refractivity contribution is 5.95. The molecule has 2 aromatic carbocycles. The van der Waals surface area contributed by atoms with E-state index in [4.69, 9.17) is 4.74 Å². The van der Waals surface area contributed by atoms with E-state index in [0.717, 1.165) is 49.1 Å². The number of benzene rings is 2. The molecule has 0 bridgehead atoms. The van der Waals surface area contributed by atoms with Crippen molar-refractivity contribution >= 4 is 16.7 Å². The SMILES string of the molecule is Cc1ccc(C(=O)NC2CC2)cc1-n1ccc2ccc(OCCN3CCCCC3)cc2c1=O. The zero-order chi connectivity index (χ0) is 22.8. The van der Waals surface area contributed by atoms with Gasteiger partial charge < -0.3 is 10.1 Å². The van der Waals surface area contributed by atoms with Crippen molar-refractivity contribution in [2.75, 3.05) is 26.2 Å². The summed E-state index contributed by atoms with van der Waals surface area (Å²) in [5.41, 5.74) is 2.12. The highest BCUT2D eigenvalue weighted by Gasteiger charge is 2.24. The van der Waals surface area contributed by atoms with Gasteiger partial charge in [0.15, 0.2) is 0 Å². The smallest absolute Gasteiger partial charge is 0.263 e. The molecule has 1 saturated carbocycles. The van der Waals surface area contributed by atoms with Crippen LogP contribution in [0.2, 0.25) is 0 Å². The van der Waals surface area contributed by atoms with Gasteiger partial charge in [-0.15, -0.1) is 0 Å². The number of rotatable bonds is 7. The van der Waals surface area contributed by atoms with Crippen LogP contribution in [-0.4, -0.2) is 47.7 Å². The third-order valence-electron chi connectivity index (χ3n) is 6.65. The van der Waals surface area contributed by atoms with Gasteiger partial charge in [0.05, 0.1) is 11.1 Å². The van der Waals surface area contributed by atoms with Crippen LogP contribution < -0.4 is 15.6 Å². The Kier molecular flexibility index (Phi) is 6.18. The number of hydrogen-bond acceptors (Lipinski definition) is 4. The fourth-order valence-corrected chi connectivity index (χ4v) is 4.48. The predicted octanol–water partition coefficient (Wildman–Crippen LogP) is 4.06. The van der Waals surface area contributed by atoms with Crippen molar-refractivity contribution in [3.8, 4) is 11.4 Å². The Labute approximate surface area is 194 Å². The molecular formula is C27H31N3O3. The van der Waals surface area contributed by atoms with Gasteiger partial charge in [-0.25, -0.2) is 0 Å². The molecule has 0 unspecified atom stereocenters. The van der Waals surface area contributed by atoms with Crippen LogP contribution in [0.25, 0.3) is 16.5 Å². The Balaban J connectivity index is 1.39. The zero-order valence-corrected chi connectivity index (χ0v) is 19.2. The maximum absolute atomic E-state index is 13.4. The predicted molar refractivity (Wildman–Crippen MR) is 131 cm³/mol. The van der Waals surface area contributed by atoms with E-state index in [2.05, 4.69) is 10.2 Å². The maximum Gasteiger partial charge on any atom is 0.263 e. The fourth-order valence-electron chi connectivity index (χ4n) is 4.48. The van der Waals surface area contributed by atoms with E-state index in [1.165, 1.54) is 19.3 Å². The van der Waals surface area contributed by atoms with Crippen molar-refractivity contribution in [1.29, 1.82) is 0 Å². The van der Waals surface area contributed by atoms with Crippen LogP contribution in [0.4, 0.5) is 0 Å². The van der Waals surface area contributed by atoms with E-state index in [0.29, 0.717) is 29.3 Å². The third-order valence-corrected chi connectivity index (χ3v) is 6.65. The molecule has 5 rings (SSSR count). The highest BCUT2D eigenvalue weighted by atomic mass is 16.5. The number of piperidine rings is 1. The molecule has 2 aliphatic rings. The number of pyridine rings is 1. The van der Waals surface area contributed by atoms with Gasteiger partial charge in [-0.2, -0.15) is 0 Å². The first-order valence-corrected chi connectivity index (χ1v) is 12.0. The summed E-state index contributed by atoms with van der Waals surface area (Å²) in [6, 6.07) is 13.4. The zero-order valence-electron chi connectivity index (χ0n) is 19.2. The minimum atomic E-state index is -0.114. The molecule has 1 aliphatic heterocycles. The molecule has 0 spiro atoms. The standard InChI is InChI=1S/C27H31N3O3/c1-19-5-6-21(26(31)28-22-8-9-22)17-25(19)30-14-11-20-7-10-23(18-24(20)27(30)32)33-16-15-29-12-3-2-4-13-29/h5-7,10-11,14,17-18,22H,2-4,8-9,12-13,15-16H2,1H3,(H,28,31). The summed E-state index contributed by atoms with van der Waals surface area (Å²) >= 11 is 0. The Morgan fingerprint density at radius 1 is 1.06 bits per heavy atom. The average molecular weight is 446 g/mol. The molecule has 1 aromatic heterocycles. The number of aryl methyl sites for hydroxylation is 1. The summed E-state index contributed by atoms with van der Waals surface area (Å²) in [4.78, 5) is 28.4. The molecule has 6 heteroatoms. The van der Waals surface area contributed by atoms with E-state index in [1.807, 2.05) is 43.3 Å². The van der Waals surface area contributed by atoms with Crippen LogP contribution in [0.15, 0.2) is 53.5 Å². The van der Waals surface area contributed by atoms with Gasteiger partial charge in [-0.05, 0) is 87.0 Å². The summed E-state index contributed by atoms with van der Waals surface area (Å²) in [5, 5.41) is 4.50. The van der Waals surface area contributed by atoms with Crippen molar-refractivity contribution < 1.29 is 9.53 Å². The molecule has 2 heterocycles. The average Bonchev–Trinajstić information content (AvgIpc) is 3.65. The van der Waals surface area contributed by atoms with E-state index in [1.54, 1.807) is 16.8 Å². The molecule has 0 atom stereocenters. The van der Waals surface area contributed by atoms with Crippen molar-refractivity contribution in [1.82, 2.24) is 14.8 Å². The Morgan fingerprint density at radius 3 is 2.67 bits per heavy atom. The van der Waals surface area contributed by atoms with Crippen molar-refractivity contribution in [2.45, 2.75) is 45.1 Å². The minimum Gasteiger partial charge on any atom is -0.492 e. The highest BCUT2D eigenvalue weighted by Crippen LogP contribution is 2.22. The summed E-state index contributed by atoms with van der Waals surface area (Å²) < 4.78 is 7.62. The number of nitrogens with zero attached hydrogens (tertiary/aromatic N) is 2. The van der Waals surface area contributed by atoms with E-state index < -0.39 is 0 Å². The molecule has 6 nitrogen and oxygen atoms in total. The van der Waals surface area contributed by atoms with Crippen LogP contribution in [-0.2, 0) is 0 Å². The summed E-state index contributed by atoms with van der Waals surface area (Å²) in [6.07, 6.45) is 7.71. The number of hydrogen-bond donors (Lipinski definition) is 1. The number of nitrogens with one attached hydrogen (secondary N) is 1. The second-order valence-electron chi connectivity index (χ2n) is 9.24. The fraction of sp³-hybridized carbons (Fsp3) is 0.407. The molecular weight excluding hydrogens is 414 g/mol. The van der Waals surface area contributed by atoms with Crippen molar-refractivity contribution in [3.63, 3.8) is 0 Å². The van der Waals surface area contributed by atoms with Crippen molar-refractivity contribution in [2.24, 2.45) is 0 Å². The lowest BCUT2D eigenvalue weighted by atomic mass is 10.1. The Bertz CT molecular complexity index is 1220. The number of fused-ring (bicyclic) bond motifs is 1. The van der Waals surface area contributed by atoms with Crippen LogP contribution in [0, 0.1) is 6.92 Å². The van der Waals surface area contributed by atoms with Crippen LogP contribution in [0.1, 0.15) is 48.0 Å². The first kappa shape index (κ1) is 21.7. The largest absolute Gasteiger partial charge is 0.492 e. The molecule has 1 saturated heterocycles. The first-order valence-electron chi connectivity index (χ1n) is 12.0. The lowest BCUT2D eigenvalue weighted by Crippen LogP contribution is -2.33. The number of carbonyl (C=O) groups excluding carboxylic acids is 1. The molecule has 1 N–H and O–H groups in total. The van der Waals surface area contributed by atoms with Crippen LogP contribution in [0.5, 0.6) is 5.75 Å². The second-order valence-corrected chi connectivity index (χ2v) is 9.24. The van der Waals surface area contributed by atoms with Gasteiger partial charge in [0.2, 0.25) is 0 Å². The maximum atomic E-state index is 13.4. The summed E-state index contributed by atoms with van der Waals surface area (Å²) in [6.45, 7) is 5.76. The van der Waals surface area contributed by atoms with Crippen molar-refractivity contribution in [3.05, 3.63) is 70.1 Å². The van der Waals surface area contributed by atoms with Gasteiger partial charge in [-0.3, -0.25) is 19.1 Å². The topological polar surface area (TPSA) is 63.6 Å². The lowest BCUT2D eigenvalue weighted by Gasteiger charge is -2.26. The lowest BCUT2D eigenvalue weighted by molar-refractivity contribution is 0.0951. The molecule has 3 aromatic rings. The molecule has 2 fully saturated rings. The minimum absolute atomic E-state index is 0.0861. The van der Waals surface area contributed by atoms with Gasteiger partial charge in [-0.1, -0.05) is 18.6 Å². The molecule has 0 radical (unpaired) electrons. The van der Waals surface area contributed by atoms with Gasteiger partial charge in [0.1, 0.15) is 12.4 Å². The third kappa shape index (κ3) is 4.96. The second kappa shape index (κ2) is 9.40. The number of aromatic nitrogens is 1. The van der Waals surface area contributed by atoms with Gasteiger partial charge in [0.25, 0.3) is 11.5 Å². The number of carbonyl (C=O) groups is 1. The van der Waals surface area contributed by atoms with E-state index in [-0.39, 0.29) is 11.5 Å². The summed E-state index contributed by atoms with van der Waals surface area (Å²) in [7, 11) is 0. The van der Waals surface area contributed by atoms with E-state index >= 15 is 0 Å². The van der Waals surface area contributed by atoms with Crippen LogP contribution in [0.3, 0.4) is 0 Å². The number of likely N-dealkylation sites (tertiary alicyclic amines) is 1. The number of amides is 1. The summed E-state index contributed by atoms with van der Waals surface area (Å²) in [5.74, 6) is 0.626. The van der Waals surface area contributed by atoms with E-state index in [9.17, 15) is 9.59 Å². The Hall–Kier alpha value is -3.12. The molecule has 1 amide bonds. The molecule has 33 heavy (non-hydrogen) atoms. The van der Waals surface area contributed by atoms with Gasteiger partial charge >= 0.3 is 0 Å². The molecule has 172 valence electrons. The molecule has 1 aliphatic carbocycles.